The molecule has 3 heteroatoms. The lowest BCUT2D eigenvalue weighted by atomic mass is 10.0. The number of aliphatic hydroxyl groups is 1. The van der Waals surface area contributed by atoms with Crippen molar-refractivity contribution in [1.82, 2.24) is 0 Å². The molecule has 0 aliphatic heterocycles. The van der Waals surface area contributed by atoms with E-state index in [4.69, 9.17) is 0 Å². The van der Waals surface area contributed by atoms with Crippen LogP contribution in [0.15, 0.2) is 24.3 Å². The molecule has 0 amide bonds. The number of rotatable bonds is 3. The summed E-state index contributed by atoms with van der Waals surface area (Å²) in [6.45, 7) is 4.20. The Hall–Kier alpha value is -0.290. The Balaban J connectivity index is 3.00. The number of hydrogen-bond acceptors (Lipinski definition) is 2. The Morgan fingerprint density at radius 2 is 1.93 bits per heavy atom. The molecule has 1 N–H and O–H groups in total. The van der Waals surface area contributed by atoms with Gasteiger partial charge in [-0.2, -0.15) is 0 Å². The lowest BCUT2D eigenvalue weighted by molar-refractivity contribution is 0.216. The Bertz CT molecular complexity index is 312. The number of halogens is 1. The van der Waals surface area contributed by atoms with E-state index in [1.54, 1.807) is 0 Å². The van der Waals surface area contributed by atoms with Crippen LogP contribution in [0.5, 0.6) is 0 Å². The summed E-state index contributed by atoms with van der Waals surface area (Å²) >= 11 is 2.31. The largest absolute Gasteiger partial charge is 0.394 e. The summed E-state index contributed by atoms with van der Waals surface area (Å²) in [5.41, 5.74) is 0.938. The molecule has 0 aromatic heterocycles. The summed E-state index contributed by atoms with van der Waals surface area (Å²) < 4.78 is 1.20. The third kappa shape index (κ3) is 2.39. The van der Waals surface area contributed by atoms with Crippen molar-refractivity contribution < 1.29 is 5.11 Å². The predicted octanol–water partition coefficient (Wildman–Crippen LogP) is 2.50. The van der Waals surface area contributed by atoms with E-state index in [0.717, 1.165) is 5.69 Å². The van der Waals surface area contributed by atoms with E-state index in [-0.39, 0.29) is 12.1 Å². The van der Waals surface area contributed by atoms with Crippen molar-refractivity contribution in [3.63, 3.8) is 0 Å². The fraction of sp³-hybridized carbons (Fsp3) is 0.455. The molecule has 78 valence electrons. The highest BCUT2D eigenvalue weighted by atomic mass is 127. The quantitative estimate of drug-likeness (QED) is 0.867. The first-order valence-electron chi connectivity index (χ1n) is 4.58. The number of hydrogen-bond donors (Lipinski definition) is 1. The van der Waals surface area contributed by atoms with Crippen LogP contribution in [-0.2, 0) is 0 Å². The van der Waals surface area contributed by atoms with Gasteiger partial charge in [-0.25, -0.2) is 0 Å². The first-order chi connectivity index (χ1) is 6.49. The lowest BCUT2D eigenvalue weighted by Gasteiger charge is -2.36. The smallest absolute Gasteiger partial charge is 0.0658 e. The minimum Gasteiger partial charge on any atom is -0.394 e. The molecule has 0 radical (unpaired) electrons. The van der Waals surface area contributed by atoms with Gasteiger partial charge in [0.1, 0.15) is 0 Å². The number of benzene rings is 1. The van der Waals surface area contributed by atoms with Gasteiger partial charge < -0.3 is 10.0 Å². The van der Waals surface area contributed by atoms with Crippen LogP contribution in [0.2, 0.25) is 0 Å². The minimum atomic E-state index is -0.221. The average molecular weight is 305 g/mol. The molecule has 0 saturated carbocycles. The molecule has 0 saturated heterocycles. The Kier molecular flexibility index (Phi) is 3.78. The van der Waals surface area contributed by atoms with E-state index in [9.17, 15) is 5.11 Å². The molecule has 0 bridgehead atoms. The normalized spacial score (nSPS) is 11.5. The standard InChI is InChI=1S/C11H16INO/c1-11(2,8-14)13(3)10-7-5-4-6-9(10)12/h4-7,14H,8H2,1-3H3. The molecule has 14 heavy (non-hydrogen) atoms. The Morgan fingerprint density at radius 1 is 1.36 bits per heavy atom. The maximum Gasteiger partial charge on any atom is 0.0658 e. The van der Waals surface area contributed by atoms with Crippen molar-refractivity contribution in [3.8, 4) is 0 Å². The van der Waals surface area contributed by atoms with E-state index in [1.807, 2.05) is 33.0 Å². The molecule has 0 fully saturated rings. The van der Waals surface area contributed by atoms with E-state index in [0.29, 0.717) is 0 Å². The molecule has 1 aromatic carbocycles. The van der Waals surface area contributed by atoms with Crippen molar-refractivity contribution >= 4 is 28.3 Å². The van der Waals surface area contributed by atoms with Gasteiger partial charge in [0.15, 0.2) is 0 Å². The maximum atomic E-state index is 9.27. The van der Waals surface area contributed by atoms with E-state index in [1.165, 1.54) is 3.57 Å². The minimum absolute atomic E-state index is 0.147. The zero-order valence-electron chi connectivity index (χ0n) is 8.79. The number of aliphatic hydroxyl groups excluding tert-OH is 1. The third-order valence-electron chi connectivity index (χ3n) is 2.51. The highest BCUT2D eigenvalue weighted by molar-refractivity contribution is 14.1. The fourth-order valence-corrected chi connectivity index (χ4v) is 1.91. The lowest BCUT2D eigenvalue weighted by Crippen LogP contribution is -2.44. The average Bonchev–Trinajstić information content (AvgIpc) is 2.17. The number of nitrogens with zero attached hydrogens (tertiary/aromatic N) is 1. The van der Waals surface area contributed by atoms with Gasteiger partial charge in [0.2, 0.25) is 0 Å². The Labute approximate surface area is 99.1 Å². The molecule has 1 aromatic rings. The summed E-state index contributed by atoms with van der Waals surface area (Å²) in [6.07, 6.45) is 0. The first-order valence-corrected chi connectivity index (χ1v) is 5.66. The van der Waals surface area contributed by atoms with Gasteiger partial charge >= 0.3 is 0 Å². The van der Waals surface area contributed by atoms with Crippen molar-refractivity contribution in [2.75, 3.05) is 18.6 Å². The summed E-state index contributed by atoms with van der Waals surface area (Å²) in [5, 5.41) is 9.27. The molecule has 0 atom stereocenters. The van der Waals surface area contributed by atoms with Crippen molar-refractivity contribution in [1.29, 1.82) is 0 Å². The number of para-hydroxylation sites is 1. The zero-order valence-corrected chi connectivity index (χ0v) is 10.9. The van der Waals surface area contributed by atoms with Gasteiger partial charge in [-0.3, -0.25) is 0 Å². The highest BCUT2D eigenvalue weighted by Crippen LogP contribution is 2.26. The molecule has 0 unspecified atom stereocenters. The monoisotopic (exact) mass is 305 g/mol. The highest BCUT2D eigenvalue weighted by Gasteiger charge is 2.23. The SMILES string of the molecule is CN(c1ccccc1I)C(C)(C)CO. The Morgan fingerprint density at radius 3 is 2.43 bits per heavy atom. The molecule has 2 nitrogen and oxygen atoms in total. The van der Waals surface area contributed by atoms with E-state index < -0.39 is 0 Å². The molecule has 0 aliphatic carbocycles. The maximum absolute atomic E-state index is 9.27. The first kappa shape index (κ1) is 11.8. The van der Waals surface area contributed by atoms with Crippen LogP contribution in [0, 0.1) is 3.57 Å². The van der Waals surface area contributed by atoms with Gasteiger partial charge in [0, 0.05) is 10.6 Å². The van der Waals surface area contributed by atoms with Crippen molar-refractivity contribution in [3.05, 3.63) is 27.8 Å². The van der Waals surface area contributed by atoms with Crippen molar-refractivity contribution in [2.45, 2.75) is 19.4 Å². The van der Waals surface area contributed by atoms with Crippen LogP contribution in [0.25, 0.3) is 0 Å². The molecular weight excluding hydrogens is 289 g/mol. The van der Waals surface area contributed by atoms with Gasteiger partial charge in [-0.15, -0.1) is 0 Å². The topological polar surface area (TPSA) is 23.5 Å². The third-order valence-corrected chi connectivity index (χ3v) is 3.42. The van der Waals surface area contributed by atoms with Crippen LogP contribution in [0.4, 0.5) is 5.69 Å². The van der Waals surface area contributed by atoms with E-state index in [2.05, 4.69) is 39.6 Å². The van der Waals surface area contributed by atoms with Crippen LogP contribution < -0.4 is 4.90 Å². The van der Waals surface area contributed by atoms with Crippen LogP contribution in [0.3, 0.4) is 0 Å². The summed E-state index contributed by atoms with van der Waals surface area (Å²) in [4.78, 5) is 2.11. The number of anilines is 1. The summed E-state index contributed by atoms with van der Waals surface area (Å²) in [6, 6.07) is 8.17. The second kappa shape index (κ2) is 4.49. The van der Waals surface area contributed by atoms with Crippen LogP contribution >= 0.6 is 22.6 Å². The van der Waals surface area contributed by atoms with E-state index >= 15 is 0 Å². The second-order valence-electron chi connectivity index (χ2n) is 3.98. The predicted molar refractivity (Wildman–Crippen MR) is 68.7 cm³/mol. The molecule has 0 spiro atoms. The van der Waals surface area contributed by atoms with Gasteiger partial charge in [-0.1, -0.05) is 12.1 Å². The van der Waals surface area contributed by atoms with Crippen LogP contribution in [-0.4, -0.2) is 24.3 Å². The van der Waals surface area contributed by atoms with Crippen LogP contribution in [0.1, 0.15) is 13.8 Å². The van der Waals surface area contributed by atoms with Crippen molar-refractivity contribution in [2.24, 2.45) is 0 Å². The molecule has 0 aliphatic rings. The summed E-state index contributed by atoms with van der Waals surface area (Å²) in [5.74, 6) is 0. The summed E-state index contributed by atoms with van der Waals surface area (Å²) in [7, 11) is 2.01. The fourth-order valence-electron chi connectivity index (χ4n) is 1.16. The zero-order chi connectivity index (χ0) is 10.8. The molecular formula is C11H16INO. The molecule has 1 rings (SSSR count). The van der Waals surface area contributed by atoms with Gasteiger partial charge in [-0.05, 0) is 48.6 Å². The molecule has 0 heterocycles. The van der Waals surface area contributed by atoms with Gasteiger partial charge in [0.05, 0.1) is 17.8 Å². The number of likely N-dealkylation sites (N-methyl/N-ethyl adjacent to an activating group) is 1. The van der Waals surface area contributed by atoms with Gasteiger partial charge in [0.25, 0.3) is 0 Å². The second-order valence-corrected chi connectivity index (χ2v) is 5.14.